The number of rotatable bonds is 4. The zero-order valence-corrected chi connectivity index (χ0v) is 13.4. The van der Waals surface area contributed by atoms with Crippen molar-refractivity contribution in [3.63, 3.8) is 0 Å². The van der Waals surface area contributed by atoms with Gasteiger partial charge >= 0.3 is 0 Å². The van der Waals surface area contributed by atoms with E-state index in [9.17, 15) is 9.59 Å². The van der Waals surface area contributed by atoms with E-state index >= 15 is 0 Å². The highest BCUT2D eigenvalue weighted by atomic mass is 16.5. The van der Waals surface area contributed by atoms with Crippen molar-refractivity contribution in [2.45, 2.75) is 13.0 Å². The van der Waals surface area contributed by atoms with Gasteiger partial charge in [0.05, 0.1) is 18.2 Å². The number of aryl methyl sites for hydroxylation is 1. The predicted octanol–water partition coefficient (Wildman–Crippen LogP) is 1.55. The fraction of sp³-hybridized carbons (Fsp3) is 0.278. The van der Waals surface area contributed by atoms with Crippen LogP contribution in [0.3, 0.4) is 0 Å². The van der Waals surface area contributed by atoms with Gasteiger partial charge in [-0.2, -0.15) is 0 Å². The average Bonchev–Trinajstić information content (AvgIpc) is 2.62. The quantitative estimate of drug-likeness (QED) is 0.926. The van der Waals surface area contributed by atoms with E-state index in [0.29, 0.717) is 18.7 Å². The van der Waals surface area contributed by atoms with E-state index in [-0.39, 0.29) is 24.5 Å². The van der Waals surface area contributed by atoms with Gasteiger partial charge in [-0.3, -0.25) is 14.6 Å². The van der Waals surface area contributed by atoms with Gasteiger partial charge in [0.15, 0.2) is 0 Å². The van der Waals surface area contributed by atoms with Gasteiger partial charge in [0.2, 0.25) is 0 Å². The molecule has 1 aromatic carbocycles. The van der Waals surface area contributed by atoms with Gasteiger partial charge in [-0.25, -0.2) is 0 Å². The van der Waals surface area contributed by atoms with Crippen LogP contribution in [0.5, 0.6) is 0 Å². The number of morpholine rings is 1. The van der Waals surface area contributed by atoms with Gasteiger partial charge in [-0.05, 0) is 31.2 Å². The summed E-state index contributed by atoms with van der Waals surface area (Å²) in [5.41, 5.74) is 2.48. The third-order valence-corrected chi connectivity index (χ3v) is 3.89. The van der Waals surface area contributed by atoms with E-state index in [1.165, 1.54) is 6.20 Å². The van der Waals surface area contributed by atoms with Gasteiger partial charge in [0.25, 0.3) is 11.8 Å². The summed E-state index contributed by atoms with van der Waals surface area (Å²) in [7, 11) is 0. The van der Waals surface area contributed by atoms with Crippen LogP contribution in [0.25, 0.3) is 0 Å². The molecule has 6 heteroatoms. The molecule has 1 aliphatic heterocycles. The Morgan fingerprint density at radius 3 is 2.83 bits per heavy atom. The minimum absolute atomic E-state index is 0.0152. The number of amides is 2. The zero-order chi connectivity index (χ0) is 16.9. The molecule has 0 aliphatic carbocycles. The lowest BCUT2D eigenvalue weighted by Crippen LogP contribution is -2.50. The minimum Gasteiger partial charge on any atom is -0.365 e. The monoisotopic (exact) mass is 325 g/mol. The summed E-state index contributed by atoms with van der Waals surface area (Å²) >= 11 is 0. The lowest BCUT2D eigenvalue weighted by molar-refractivity contribution is -0.129. The Morgan fingerprint density at radius 2 is 2.12 bits per heavy atom. The third-order valence-electron chi connectivity index (χ3n) is 3.89. The topological polar surface area (TPSA) is 71.5 Å². The van der Waals surface area contributed by atoms with Crippen molar-refractivity contribution < 1.29 is 14.3 Å². The van der Waals surface area contributed by atoms with Crippen molar-refractivity contribution in [2.24, 2.45) is 0 Å². The first-order valence-electron chi connectivity index (χ1n) is 7.80. The highest BCUT2D eigenvalue weighted by Gasteiger charge is 2.27. The molecule has 1 fully saturated rings. The summed E-state index contributed by atoms with van der Waals surface area (Å²) in [6.07, 6.45) is 2.88. The van der Waals surface area contributed by atoms with E-state index in [4.69, 9.17) is 4.74 Å². The number of aromatic nitrogens is 1. The van der Waals surface area contributed by atoms with Crippen LogP contribution in [0.4, 0.5) is 5.69 Å². The molecular weight excluding hydrogens is 306 g/mol. The first-order valence-corrected chi connectivity index (χ1v) is 7.80. The molecule has 0 radical (unpaired) electrons. The predicted molar refractivity (Wildman–Crippen MR) is 89.8 cm³/mol. The molecule has 1 unspecified atom stereocenters. The van der Waals surface area contributed by atoms with Crippen LogP contribution in [-0.2, 0) is 9.53 Å². The number of hydrogen-bond acceptors (Lipinski definition) is 4. The van der Waals surface area contributed by atoms with Crippen molar-refractivity contribution in [3.05, 3.63) is 59.9 Å². The second-order valence-electron chi connectivity index (χ2n) is 5.72. The van der Waals surface area contributed by atoms with Gasteiger partial charge in [0, 0.05) is 24.6 Å². The Bertz CT molecular complexity index is 716. The first-order chi connectivity index (χ1) is 11.6. The van der Waals surface area contributed by atoms with E-state index in [0.717, 1.165) is 11.3 Å². The maximum Gasteiger partial charge on any atom is 0.253 e. The zero-order valence-electron chi connectivity index (χ0n) is 13.4. The minimum atomic E-state index is -0.246. The molecule has 1 aromatic heterocycles. The number of benzene rings is 1. The van der Waals surface area contributed by atoms with E-state index in [1.807, 2.05) is 31.2 Å². The summed E-state index contributed by atoms with van der Waals surface area (Å²) in [6.45, 7) is 2.77. The molecule has 1 atom stereocenters. The number of carbonyl (C=O) groups is 2. The van der Waals surface area contributed by atoms with Crippen LogP contribution in [0.1, 0.15) is 15.9 Å². The summed E-state index contributed by atoms with van der Waals surface area (Å²) in [5.74, 6) is -0.279. The van der Waals surface area contributed by atoms with E-state index in [2.05, 4.69) is 10.3 Å². The van der Waals surface area contributed by atoms with Crippen LogP contribution in [0, 0.1) is 6.92 Å². The standard InChI is InChI=1S/C18H19N3O3/c1-13-4-6-15(7-5-13)21-11-16(24-12-17(21)22)10-20-18(23)14-3-2-8-19-9-14/h2-9,16H,10-12H2,1H3,(H,20,23). The fourth-order valence-corrected chi connectivity index (χ4v) is 2.53. The molecule has 124 valence electrons. The molecule has 2 aromatic rings. The van der Waals surface area contributed by atoms with Crippen molar-refractivity contribution >= 4 is 17.5 Å². The SMILES string of the molecule is Cc1ccc(N2CC(CNC(=O)c3cccnc3)OCC2=O)cc1. The van der Waals surface area contributed by atoms with Crippen LogP contribution in [0.2, 0.25) is 0 Å². The number of hydrogen-bond donors (Lipinski definition) is 1. The summed E-state index contributed by atoms with van der Waals surface area (Å²) in [4.78, 5) is 29.8. The highest BCUT2D eigenvalue weighted by molar-refractivity contribution is 5.95. The van der Waals surface area contributed by atoms with Crippen LogP contribution in [-0.4, -0.2) is 42.6 Å². The Morgan fingerprint density at radius 1 is 1.33 bits per heavy atom. The van der Waals surface area contributed by atoms with E-state index < -0.39 is 0 Å². The number of nitrogens with one attached hydrogen (secondary N) is 1. The largest absolute Gasteiger partial charge is 0.365 e. The van der Waals surface area contributed by atoms with Gasteiger partial charge < -0.3 is 15.0 Å². The second-order valence-corrected chi connectivity index (χ2v) is 5.72. The lowest BCUT2D eigenvalue weighted by Gasteiger charge is -2.33. The number of carbonyl (C=O) groups excluding carboxylic acids is 2. The highest BCUT2D eigenvalue weighted by Crippen LogP contribution is 2.19. The average molecular weight is 325 g/mol. The molecule has 0 spiro atoms. The van der Waals surface area contributed by atoms with Crippen LogP contribution in [0.15, 0.2) is 48.8 Å². The van der Waals surface area contributed by atoms with Gasteiger partial charge in [-0.1, -0.05) is 17.7 Å². The maximum absolute atomic E-state index is 12.1. The smallest absolute Gasteiger partial charge is 0.253 e. The number of ether oxygens (including phenoxy) is 1. The Balaban J connectivity index is 1.60. The third kappa shape index (κ3) is 3.78. The second kappa shape index (κ2) is 7.23. The van der Waals surface area contributed by atoms with E-state index in [1.54, 1.807) is 23.2 Å². The molecule has 2 amide bonds. The molecule has 1 aliphatic rings. The molecular formula is C18H19N3O3. The molecule has 0 saturated carbocycles. The molecule has 3 rings (SSSR count). The molecule has 1 N–H and O–H groups in total. The normalized spacial score (nSPS) is 17.6. The molecule has 24 heavy (non-hydrogen) atoms. The van der Waals surface area contributed by atoms with Crippen molar-refractivity contribution in [1.29, 1.82) is 0 Å². The van der Waals surface area contributed by atoms with Crippen LogP contribution >= 0.6 is 0 Å². The molecule has 0 bridgehead atoms. The summed E-state index contributed by atoms with van der Waals surface area (Å²) < 4.78 is 5.53. The van der Waals surface area contributed by atoms with Crippen molar-refractivity contribution in [3.8, 4) is 0 Å². The lowest BCUT2D eigenvalue weighted by atomic mass is 10.2. The number of nitrogens with zero attached hydrogens (tertiary/aromatic N) is 2. The maximum atomic E-state index is 12.1. The van der Waals surface area contributed by atoms with Crippen molar-refractivity contribution in [2.75, 3.05) is 24.6 Å². The Kier molecular flexibility index (Phi) is 4.86. The first kappa shape index (κ1) is 16.1. The van der Waals surface area contributed by atoms with Crippen molar-refractivity contribution in [1.82, 2.24) is 10.3 Å². The Hall–Kier alpha value is -2.73. The number of anilines is 1. The summed E-state index contributed by atoms with van der Waals surface area (Å²) in [5, 5.41) is 2.82. The number of pyridine rings is 1. The van der Waals surface area contributed by atoms with Gasteiger partial charge in [0.1, 0.15) is 6.61 Å². The van der Waals surface area contributed by atoms with Crippen LogP contribution < -0.4 is 10.2 Å². The molecule has 2 heterocycles. The van der Waals surface area contributed by atoms with Gasteiger partial charge in [-0.15, -0.1) is 0 Å². The summed E-state index contributed by atoms with van der Waals surface area (Å²) in [6, 6.07) is 11.2. The Labute approximate surface area is 140 Å². The molecule has 1 saturated heterocycles. The molecule has 6 nitrogen and oxygen atoms in total. The fourth-order valence-electron chi connectivity index (χ4n) is 2.53.